The predicted octanol–water partition coefficient (Wildman–Crippen LogP) is 7.77. The van der Waals surface area contributed by atoms with Gasteiger partial charge in [-0.15, -0.1) is 0 Å². The average Bonchev–Trinajstić information content (AvgIpc) is 3.79. The van der Waals surface area contributed by atoms with Crippen LogP contribution in [0.1, 0.15) is 76.5 Å². The molecule has 5 atom stereocenters. The van der Waals surface area contributed by atoms with Crippen molar-refractivity contribution in [3.8, 4) is 0 Å². The van der Waals surface area contributed by atoms with Crippen molar-refractivity contribution < 1.29 is 28.3 Å². The summed E-state index contributed by atoms with van der Waals surface area (Å²) in [5.41, 5.74) is 4.46. The van der Waals surface area contributed by atoms with E-state index in [0.29, 0.717) is 56.0 Å². The van der Waals surface area contributed by atoms with Crippen LogP contribution >= 0.6 is 0 Å². The number of anilines is 3. The molecule has 0 bridgehead atoms. The fraction of sp³-hybridized carbons (Fsp3) is 0.490. The molecular formula is C49H62FN5O5Si. The van der Waals surface area contributed by atoms with Crippen molar-refractivity contribution in [1.29, 1.82) is 0 Å². The maximum Gasteiger partial charge on any atom is 0.264 e. The number of rotatable bonds is 11. The number of aliphatic hydroxyl groups is 1. The fourth-order valence-electron chi connectivity index (χ4n) is 11.0. The Hall–Kier alpha value is -4.62. The molecule has 10 nitrogen and oxygen atoms in total. The Kier molecular flexibility index (Phi) is 11.9. The molecule has 3 saturated heterocycles. The topological polar surface area (TPSA) is 106 Å². The number of piperidine rings is 1. The summed E-state index contributed by atoms with van der Waals surface area (Å²) in [7, 11) is -3.61. The summed E-state index contributed by atoms with van der Waals surface area (Å²) in [5, 5.41) is 13.9. The minimum atomic E-state index is -3.61. The summed E-state index contributed by atoms with van der Waals surface area (Å²) in [6.07, 6.45) is 6.89. The SMILES string of the molecule is CC(C)=CCC/C(C)=C/CN1C(=O)[C@@]2(O[C@@H](CC(=O)N3Cc4ccccc4C[C@H]3CO)[C@H]([Si](C)(C)F)[C@H]2C)c2cc(N3CN(c4ccccc4)C4(CCNCC4)C3=O)ccc21. The maximum absolute atomic E-state index is 17.0. The van der Waals surface area contributed by atoms with Crippen molar-refractivity contribution >= 4 is 43.2 Å². The second kappa shape index (κ2) is 16.9. The van der Waals surface area contributed by atoms with Gasteiger partial charge in [0.2, 0.25) is 14.3 Å². The van der Waals surface area contributed by atoms with Crippen LogP contribution in [0.4, 0.5) is 21.2 Å². The molecule has 0 aliphatic carbocycles. The normalized spacial score (nSPS) is 26.1. The molecule has 3 amide bonds. The number of allylic oxidation sites excluding steroid dienone is 3. The third-order valence-corrected chi connectivity index (χ3v) is 16.6. The zero-order valence-corrected chi connectivity index (χ0v) is 37.6. The molecule has 12 heteroatoms. The Morgan fingerprint density at radius 3 is 2.34 bits per heavy atom. The van der Waals surface area contributed by atoms with E-state index in [1.54, 1.807) is 22.9 Å². The van der Waals surface area contributed by atoms with Crippen LogP contribution in [0.5, 0.6) is 0 Å². The molecule has 5 aliphatic rings. The van der Waals surface area contributed by atoms with Crippen molar-refractivity contribution in [2.45, 2.75) is 115 Å². The first-order valence-electron chi connectivity index (χ1n) is 22.1. The Bertz CT molecular complexity index is 2220. The van der Waals surface area contributed by atoms with Gasteiger partial charge in [-0.2, -0.15) is 0 Å². The number of fused-ring (bicyclic) bond motifs is 3. The molecule has 61 heavy (non-hydrogen) atoms. The van der Waals surface area contributed by atoms with Gasteiger partial charge in [0.25, 0.3) is 11.8 Å². The number of halogens is 1. The smallest absolute Gasteiger partial charge is 0.264 e. The predicted molar refractivity (Wildman–Crippen MR) is 242 cm³/mol. The van der Waals surface area contributed by atoms with Crippen LogP contribution in [-0.2, 0) is 37.7 Å². The van der Waals surface area contributed by atoms with Gasteiger partial charge in [0.1, 0.15) is 5.54 Å². The molecule has 8 rings (SSSR count). The molecule has 0 saturated carbocycles. The molecule has 3 aromatic carbocycles. The van der Waals surface area contributed by atoms with Crippen molar-refractivity contribution in [3.05, 3.63) is 113 Å². The number of aliphatic hydroxyl groups excluding tert-OH is 1. The van der Waals surface area contributed by atoms with E-state index < -0.39 is 43.2 Å². The molecule has 5 heterocycles. The standard InChI is InChI=1S/C49H62FN5O5Si/c1-33(2)13-12-14-34(3)21-26-52-42-20-19-39(54-32-55(38-17-8-7-9-18-38)48(46(54)58)22-24-51-25-23-48)28-41(42)49(47(52)59)35(4)45(61(5,6)50)43(60-49)29-44(57)53-30-37-16-11-10-15-36(37)27-40(53)31-56/h7-11,13,15-21,28,35,40,43,45,51,56H,12,14,22-27,29-32H2,1-6H3/b34-21+/t35-,40+,43+,45-,49+/m1/s1. The molecule has 324 valence electrons. The average molecular weight is 848 g/mol. The highest BCUT2D eigenvalue weighted by Crippen LogP contribution is 2.61. The van der Waals surface area contributed by atoms with Crippen LogP contribution in [-0.4, -0.2) is 86.7 Å². The van der Waals surface area contributed by atoms with Gasteiger partial charge in [-0.3, -0.25) is 19.3 Å². The van der Waals surface area contributed by atoms with Crippen LogP contribution in [0.25, 0.3) is 0 Å². The van der Waals surface area contributed by atoms with E-state index in [-0.39, 0.29) is 30.7 Å². The first-order valence-corrected chi connectivity index (χ1v) is 25.1. The zero-order chi connectivity index (χ0) is 43.3. The second-order valence-corrected chi connectivity index (χ2v) is 22.5. The molecule has 0 aromatic heterocycles. The third-order valence-electron chi connectivity index (χ3n) is 14.2. The number of nitrogens with one attached hydrogen (secondary N) is 1. The van der Waals surface area contributed by atoms with Crippen molar-refractivity contribution in [2.75, 3.05) is 47.6 Å². The van der Waals surface area contributed by atoms with Gasteiger partial charge in [-0.25, -0.2) is 0 Å². The van der Waals surface area contributed by atoms with Gasteiger partial charge in [0.05, 0.1) is 37.5 Å². The Morgan fingerprint density at radius 1 is 0.951 bits per heavy atom. The Balaban J connectivity index is 1.18. The van der Waals surface area contributed by atoms with E-state index in [1.807, 2.05) is 84.6 Å². The highest BCUT2D eigenvalue weighted by molar-refractivity contribution is 6.72. The van der Waals surface area contributed by atoms with Gasteiger partial charge >= 0.3 is 0 Å². The fourth-order valence-corrected chi connectivity index (χ4v) is 13.5. The summed E-state index contributed by atoms with van der Waals surface area (Å²) >= 11 is 0. The quantitative estimate of drug-likeness (QED) is 0.116. The zero-order valence-electron chi connectivity index (χ0n) is 36.6. The molecule has 3 aromatic rings. The number of carbonyl (C=O) groups is 3. The summed E-state index contributed by atoms with van der Waals surface area (Å²) in [6, 6.07) is 23.4. The highest BCUT2D eigenvalue weighted by atomic mass is 28.4. The maximum atomic E-state index is 17.0. The number of nitrogens with zero attached hydrogens (tertiary/aromatic N) is 4. The largest absolute Gasteiger partial charge is 0.394 e. The van der Waals surface area contributed by atoms with Crippen molar-refractivity contribution in [3.63, 3.8) is 0 Å². The van der Waals surface area contributed by atoms with Crippen molar-refractivity contribution in [1.82, 2.24) is 10.2 Å². The summed E-state index contributed by atoms with van der Waals surface area (Å²) in [4.78, 5) is 52.2. The lowest BCUT2D eigenvalue weighted by molar-refractivity contribution is -0.150. The van der Waals surface area contributed by atoms with Crippen LogP contribution < -0.4 is 20.0 Å². The van der Waals surface area contributed by atoms with Gasteiger partial charge in [0, 0.05) is 41.5 Å². The van der Waals surface area contributed by atoms with Crippen LogP contribution in [0.3, 0.4) is 0 Å². The lowest BCUT2D eigenvalue weighted by Gasteiger charge is -2.39. The monoisotopic (exact) mass is 847 g/mol. The third kappa shape index (κ3) is 7.67. The molecule has 2 N–H and O–H groups in total. The number of carbonyl (C=O) groups excluding carboxylic acids is 3. The molecule has 0 unspecified atom stereocenters. The number of hydrogen-bond acceptors (Lipinski definition) is 7. The highest BCUT2D eigenvalue weighted by Gasteiger charge is 2.67. The number of para-hydroxylation sites is 1. The molecule has 3 fully saturated rings. The van der Waals surface area contributed by atoms with E-state index in [2.05, 4.69) is 43.1 Å². The van der Waals surface area contributed by atoms with Crippen LogP contribution in [0.15, 0.2) is 96.1 Å². The summed E-state index contributed by atoms with van der Waals surface area (Å²) in [5.74, 6) is -1.10. The first-order chi connectivity index (χ1) is 29.2. The summed E-state index contributed by atoms with van der Waals surface area (Å²) in [6.45, 7) is 13.7. The van der Waals surface area contributed by atoms with E-state index >= 15 is 8.90 Å². The molecule has 2 spiro atoms. The minimum Gasteiger partial charge on any atom is -0.394 e. The summed E-state index contributed by atoms with van der Waals surface area (Å²) < 4.78 is 24.1. The first kappa shape index (κ1) is 43.0. The number of ether oxygens (including phenoxy) is 1. The second-order valence-electron chi connectivity index (χ2n) is 18.7. The Labute approximate surface area is 361 Å². The van der Waals surface area contributed by atoms with Crippen LogP contribution in [0, 0.1) is 5.92 Å². The van der Waals surface area contributed by atoms with Crippen LogP contribution in [0.2, 0.25) is 18.6 Å². The van der Waals surface area contributed by atoms with E-state index in [4.69, 9.17) is 4.74 Å². The van der Waals surface area contributed by atoms with Gasteiger partial charge in [-0.1, -0.05) is 72.7 Å². The molecule has 0 radical (unpaired) electrons. The Morgan fingerprint density at radius 2 is 1.66 bits per heavy atom. The van der Waals surface area contributed by atoms with E-state index in [0.717, 1.165) is 48.3 Å². The lowest BCUT2D eigenvalue weighted by atomic mass is 9.82. The number of hydrogen-bond donors (Lipinski definition) is 2. The number of amides is 3. The lowest BCUT2D eigenvalue weighted by Crippen LogP contribution is -2.55. The van der Waals surface area contributed by atoms with E-state index in [1.165, 1.54) is 5.57 Å². The minimum absolute atomic E-state index is 0.0172. The van der Waals surface area contributed by atoms with Gasteiger partial charge in [0.15, 0.2) is 5.60 Å². The molecule has 5 aliphatic heterocycles. The van der Waals surface area contributed by atoms with Gasteiger partial charge in [-0.05, 0) is 121 Å². The van der Waals surface area contributed by atoms with Gasteiger partial charge < -0.3 is 34.0 Å². The van der Waals surface area contributed by atoms with Crippen molar-refractivity contribution in [2.24, 2.45) is 5.92 Å². The molecular weight excluding hydrogens is 786 g/mol. The number of benzene rings is 3. The van der Waals surface area contributed by atoms with E-state index in [9.17, 15) is 14.7 Å².